The molecule has 45 heavy (non-hydrogen) atoms. The number of hydrogen-bond donors (Lipinski definition) is 0. The summed E-state index contributed by atoms with van der Waals surface area (Å²) in [5.41, 5.74) is 14.1. The van der Waals surface area contributed by atoms with Crippen LogP contribution in [0.25, 0.3) is 45.0 Å². The van der Waals surface area contributed by atoms with Crippen LogP contribution in [0.5, 0.6) is 0 Å². The van der Waals surface area contributed by atoms with Crippen molar-refractivity contribution in [3.05, 3.63) is 149 Å². The Morgan fingerprint density at radius 1 is 0.756 bits per heavy atom. The Morgan fingerprint density at radius 3 is 2.04 bits per heavy atom. The third-order valence-electron chi connectivity index (χ3n) is 9.54. The van der Waals surface area contributed by atoms with Crippen molar-refractivity contribution in [2.75, 3.05) is 16.8 Å². The van der Waals surface area contributed by atoms with Gasteiger partial charge in [0.05, 0.1) is 5.69 Å². The Labute approximate surface area is 269 Å². The summed E-state index contributed by atoms with van der Waals surface area (Å²) in [7, 11) is 2.18. The molecule has 0 saturated heterocycles. The van der Waals surface area contributed by atoms with Gasteiger partial charge in [-0.3, -0.25) is 4.98 Å². The van der Waals surface area contributed by atoms with Gasteiger partial charge in [-0.1, -0.05) is 86.7 Å². The molecule has 0 saturated carbocycles. The van der Waals surface area contributed by atoms with Crippen LogP contribution < -0.4 is 9.80 Å². The minimum absolute atomic E-state index is 0.0796. The number of aromatic nitrogens is 1. The quantitative estimate of drug-likeness (QED) is 0.187. The van der Waals surface area contributed by atoms with E-state index in [2.05, 4.69) is 157 Å². The average molecular weight is 602 g/mol. The van der Waals surface area contributed by atoms with Gasteiger partial charge in [0.15, 0.2) is 0 Å². The van der Waals surface area contributed by atoms with Gasteiger partial charge in [-0.15, -0.1) is 11.3 Å². The highest BCUT2D eigenvalue weighted by Gasteiger charge is 2.36. The molecule has 0 amide bonds. The molecule has 0 bridgehead atoms. The van der Waals surface area contributed by atoms with Gasteiger partial charge in [0.2, 0.25) is 0 Å². The van der Waals surface area contributed by atoms with Gasteiger partial charge >= 0.3 is 0 Å². The van der Waals surface area contributed by atoms with E-state index in [1.54, 1.807) is 0 Å². The summed E-state index contributed by atoms with van der Waals surface area (Å²) in [6.45, 7) is 6.75. The van der Waals surface area contributed by atoms with E-state index in [9.17, 15) is 0 Å². The van der Waals surface area contributed by atoms with Gasteiger partial charge in [-0.05, 0) is 105 Å². The first-order valence-corrected chi connectivity index (χ1v) is 16.4. The highest BCUT2D eigenvalue weighted by atomic mass is 32.1. The van der Waals surface area contributed by atoms with E-state index in [0.717, 1.165) is 0 Å². The van der Waals surface area contributed by atoms with Crippen molar-refractivity contribution in [3.8, 4) is 33.4 Å². The maximum Gasteiger partial charge on any atom is 0.126 e. The minimum Gasteiger partial charge on any atom is -0.348 e. The van der Waals surface area contributed by atoms with Crippen LogP contribution in [-0.4, -0.2) is 18.2 Å². The molecular weight excluding hydrogens is 567 g/mol. The molecule has 220 valence electrons. The second kappa shape index (κ2) is 10.6. The SMILES string of the molecule is C/C=C\C=C/c1cc2c(s1)N1C=C(c3ccc(-c4ccc5c(c4)C(C)(C)c4cc(-c6ccncc6)ccc4-5)cc3)C=CC1N2C. The lowest BCUT2D eigenvalue weighted by molar-refractivity contribution is 0.661. The molecule has 0 radical (unpaired) electrons. The molecule has 3 aliphatic rings. The number of thiophene rings is 1. The fourth-order valence-electron chi connectivity index (χ4n) is 7.03. The second-order valence-corrected chi connectivity index (χ2v) is 13.6. The van der Waals surface area contributed by atoms with E-state index in [-0.39, 0.29) is 11.6 Å². The number of rotatable bonds is 5. The molecule has 3 nitrogen and oxygen atoms in total. The molecule has 0 N–H and O–H groups in total. The van der Waals surface area contributed by atoms with Crippen LogP contribution in [0, 0.1) is 0 Å². The normalized spacial score (nSPS) is 17.5. The van der Waals surface area contributed by atoms with Gasteiger partial charge in [0.1, 0.15) is 11.2 Å². The summed E-state index contributed by atoms with van der Waals surface area (Å²) in [5.74, 6) is 0. The fourth-order valence-corrected chi connectivity index (χ4v) is 8.14. The summed E-state index contributed by atoms with van der Waals surface area (Å²) >= 11 is 1.85. The number of allylic oxidation sites excluding steroid dienone is 5. The number of anilines is 2. The Hall–Kier alpha value is -4.93. The fraction of sp³-hybridized carbons (Fsp3) is 0.146. The molecule has 2 aliphatic heterocycles. The predicted molar refractivity (Wildman–Crippen MR) is 193 cm³/mol. The van der Waals surface area contributed by atoms with E-state index in [0.29, 0.717) is 0 Å². The third kappa shape index (κ3) is 4.51. The van der Waals surface area contributed by atoms with Crippen LogP contribution in [0.3, 0.4) is 0 Å². The van der Waals surface area contributed by atoms with Gasteiger partial charge < -0.3 is 9.80 Å². The first-order valence-electron chi connectivity index (χ1n) is 15.6. The van der Waals surface area contributed by atoms with Crippen LogP contribution in [0.4, 0.5) is 10.7 Å². The smallest absolute Gasteiger partial charge is 0.126 e. The highest BCUT2D eigenvalue weighted by molar-refractivity contribution is 7.17. The molecule has 0 fully saturated rings. The Kier molecular flexibility index (Phi) is 6.51. The average Bonchev–Trinajstić information content (AvgIpc) is 3.69. The summed E-state index contributed by atoms with van der Waals surface area (Å²) < 4.78 is 0. The number of pyridine rings is 1. The van der Waals surface area contributed by atoms with Crippen molar-refractivity contribution >= 4 is 33.7 Å². The first kappa shape index (κ1) is 27.6. The van der Waals surface area contributed by atoms with E-state index in [1.807, 2.05) is 30.7 Å². The van der Waals surface area contributed by atoms with Crippen LogP contribution in [0.1, 0.15) is 42.3 Å². The van der Waals surface area contributed by atoms with Gasteiger partial charge in [0.25, 0.3) is 0 Å². The molecule has 2 aromatic heterocycles. The molecule has 8 rings (SSSR count). The molecule has 4 heterocycles. The number of nitrogens with zero attached hydrogens (tertiary/aromatic N) is 3. The third-order valence-corrected chi connectivity index (χ3v) is 10.6. The first-order chi connectivity index (χ1) is 21.9. The van der Waals surface area contributed by atoms with Crippen LogP contribution >= 0.6 is 11.3 Å². The molecule has 4 heteroatoms. The topological polar surface area (TPSA) is 19.4 Å². The largest absolute Gasteiger partial charge is 0.348 e. The van der Waals surface area contributed by atoms with Gasteiger partial charge in [-0.2, -0.15) is 0 Å². The predicted octanol–water partition coefficient (Wildman–Crippen LogP) is 10.6. The van der Waals surface area contributed by atoms with Crippen molar-refractivity contribution in [1.82, 2.24) is 4.98 Å². The monoisotopic (exact) mass is 601 g/mol. The molecule has 1 unspecified atom stereocenters. The lowest BCUT2D eigenvalue weighted by Gasteiger charge is -2.29. The van der Waals surface area contributed by atoms with E-state index < -0.39 is 0 Å². The van der Waals surface area contributed by atoms with E-state index in [4.69, 9.17) is 0 Å². The highest BCUT2D eigenvalue weighted by Crippen LogP contribution is 2.51. The zero-order valence-electron chi connectivity index (χ0n) is 26.0. The van der Waals surface area contributed by atoms with Crippen molar-refractivity contribution < 1.29 is 0 Å². The molecule has 0 spiro atoms. The van der Waals surface area contributed by atoms with Crippen LogP contribution in [-0.2, 0) is 5.41 Å². The summed E-state index contributed by atoms with van der Waals surface area (Å²) in [6, 6.07) is 29.4. The van der Waals surface area contributed by atoms with Crippen molar-refractivity contribution in [3.63, 3.8) is 0 Å². The zero-order chi connectivity index (χ0) is 30.7. The maximum absolute atomic E-state index is 4.20. The van der Waals surface area contributed by atoms with Crippen molar-refractivity contribution in [2.24, 2.45) is 0 Å². The lowest BCUT2D eigenvalue weighted by atomic mass is 9.81. The summed E-state index contributed by atoms with van der Waals surface area (Å²) in [4.78, 5) is 10.2. The zero-order valence-corrected chi connectivity index (χ0v) is 26.8. The summed E-state index contributed by atoms with van der Waals surface area (Å²) in [5, 5.41) is 1.30. The summed E-state index contributed by atoms with van der Waals surface area (Å²) in [6.07, 6.45) is 19.3. The number of benzene rings is 3. The molecule has 5 aromatic rings. The number of hydrogen-bond acceptors (Lipinski definition) is 4. The minimum atomic E-state index is -0.0796. The number of fused-ring (bicyclic) bond motifs is 6. The van der Waals surface area contributed by atoms with E-state index >= 15 is 0 Å². The van der Waals surface area contributed by atoms with Crippen molar-refractivity contribution in [2.45, 2.75) is 32.4 Å². The number of likely N-dealkylation sites (N-methyl/N-ethyl adjacent to an activating group) is 1. The van der Waals surface area contributed by atoms with Crippen molar-refractivity contribution in [1.29, 1.82) is 0 Å². The molecule has 1 atom stereocenters. The Bertz CT molecular complexity index is 2060. The molecule has 1 aliphatic carbocycles. The standard InChI is InChI=1S/C41H35N3S/c1-5-6-7-8-33-25-38-40(45-33)44-26-32(15-18-39(44)43(38)4)28-11-9-27(10-12-28)30-13-16-34-35-17-14-31(29-19-21-42-22-20-29)24-37(35)41(2,3)36(34)23-30/h5-26,39H,1-4H3/b6-5-,8-7-. The second-order valence-electron chi connectivity index (χ2n) is 12.6. The molecule has 3 aromatic carbocycles. The van der Waals surface area contributed by atoms with Gasteiger partial charge in [-0.25, -0.2) is 0 Å². The maximum atomic E-state index is 4.20. The van der Waals surface area contributed by atoms with E-state index in [1.165, 1.54) is 71.2 Å². The lowest BCUT2D eigenvalue weighted by Crippen LogP contribution is -2.38. The Balaban J connectivity index is 1.07. The Morgan fingerprint density at radius 2 is 1.38 bits per heavy atom. The van der Waals surface area contributed by atoms with Gasteiger partial charge in [0, 0.05) is 35.9 Å². The van der Waals surface area contributed by atoms with Crippen LogP contribution in [0.15, 0.2) is 128 Å². The molecular formula is C41H35N3S. The van der Waals surface area contributed by atoms with Crippen LogP contribution in [0.2, 0.25) is 0 Å².